The minimum Gasteiger partial charge on any atom is -0.393 e. The number of amides is 1. The summed E-state index contributed by atoms with van der Waals surface area (Å²) in [6, 6.07) is 5.40. The number of benzene rings is 1. The maximum absolute atomic E-state index is 13.5. The van der Waals surface area contributed by atoms with Crippen LogP contribution in [0.3, 0.4) is 0 Å². The number of anilines is 3. The van der Waals surface area contributed by atoms with E-state index in [0.717, 1.165) is 0 Å². The standard InChI is InChI=1S/C17H18FN7O/c1-8(24-16-13(19)15(20)22-7-23-16)14-11(17(26)21-2)6-9-5-10(18)3-4-12(9)25-14/h3-8H,19H2,1-2H3,(H,21,26)(H3,20,22,23,24)/t8-/m0/s1. The predicted molar refractivity (Wildman–Crippen MR) is 98.0 cm³/mol. The second kappa shape index (κ2) is 6.79. The fourth-order valence-corrected chi connectivity index (χ4v) is 2.61. The van der Waals surface area contributed by atoms with Gasteiger partial charge in [0.15, 0.2) is 11.6 Å². The van der Waals surface area contributed by atoms with E-state index in [1.165, 1.54) is 25.5 Å². The van der Waals surface area contributed by atoms with Crippen molar-refractivity contribution < 1.29 is 9.18 Å². The molecule has 1 atom stereocenters. The molecule has 6 N–H and O–H groups in total. The van der Waals surface area contributed by atoms with Crippen molar-refractivity contribution in [3.63, 3.8) is 0 Å². The minimum absolute atomic E-state index is 0.156. The average Bonchev–Trinajstić information content (AvgIpc) is 2.63. The maximum atomic E-state index is 13.5. The van der Waals surface area contributed by atoms with Gasteiger partial charge in [0.2, 0.25) is 0 Å². The summed E-state index contributed by atoms with van der Waals surface area (Å²) < 4.78 is 13.5. The van der Waals surface area contributed by atoms with Gasteiger partial charge in [0.25, 0.3) is 5.91 Å². The van der Waals surface area contributed by atoms with Gasteiger partial charge in [-0.25, -0.2) is 19.3 Å². The first-order valence-electron chi connectivity index (χ1n) is 7.85. The molecule has 9 heteroatoms. The van der Waals surface area contributed by atoms with Crippen molar-refractivity contribution in [1.82, 2.24) is 20.3 Å². The molecule has 0 aliphatic carbocycles. The lowest BCUT2D eigenvalue weighted by Crippen LogP contribution is -2.23. The van der Waals surface area contributed by atoms with Crippen LogP contribution in [-0.4, -0.2) is 27.9 Å². The number of carbonyl (C=O) groups is 1. The van der Waals surface area contributed by atoms with Gasteiger partial charge >= 0.3 is 0 Å². The smallest absolute Gasteiger partial charge is 0.252 e. The fraction of sp³-hybridized carbons (Fsp3) is 0.176. The Balaban J connectivity index is 2.08. The largest absolute Gasteiger partial charge is 0.393 e. The monoisotopic (exact) mass is 355 g/mol. The van der Waals surface area contributed by atoms with E-state index in [2.05, 4.69) is 25.6 Å². The second-order valence-corrected chi connectivity index (χ2v) is 5.72. The number of pyridine rings is 1. The SMILES string of the molecule is CNC(=O)c1cc2cc(F)ccc2nc1[C@H](C)Nc1ncnc(N)c1N. The molecule has 0 unspecified atom stereocenters. The molecule has 0 saturated heterocycles. The van der Waals surface area contributed by atoms with Gasteiger partial charge in [-0.2, -0.15) is 0 Å². The lowest BCUT2D eigenvalue weighted by Gasteiger charge is -2.19. The van der Waals surface area contributed by atoms with E-state index in [-0.39, 0.29) is 17.4 Å². The quantitative estimate of drug-likeness (QED) is 0.561. The van der Waals surface area contributed by atoms with Crippen LogP contribution in [0.4, 0.5) is 21.7 Å². The Morgan fingerprint density at radius 1 is 1.23 bits per heavy atom. The van der Waals surface area contributed by atoms with Crippen LogP contribution in [0.1, 0.15) is 29.0 Å². The highest BCUT2D eigenvalue weighted by molar-refractivity contribution is 5.98. The van der Waals surface area contributed by atoms with E-state index in [9.17, 15) is 9.18 Å². The van der Waals surface area contributed by atoms with Gasteiger partial charge < -0.3 is 22.1 Å². The van der Waals surface area contributed by atoms with Crippen LogP contribution < -0.4 is 22.1 Å². The number of carbonyl (C=O) groups excluding carboxylic acids is 1. The van der Waals surface area contributed by atoms with Gasteiger partial charge in [0.05, 0.1) is 22.8 Å². The number of nitrogen functional groups attached to an aromatic ring is 2. The third-order valence-corrected chi connectivity index (χ3v) is 3.96. The van der Waals surface area contributed by atoms with Crippen LogP contribution in [0.15, 0.2) is 30.6 Å². The van der Waals surface area contributed by atoms with E-state index in [1.807, 2.05) is 6.92 Å². The normalized spacial score (nSPS) is 12.0. The number of nitrogens with one attached hydrogen (secondary N) is 2. The Morgan fingerprint density at radius 3 is 2.73 bits per heavy atom. The number of fused-ring (bicyclic) bond motifs is 1. The van der Waals surface area contributed by atoms with E-state index in [0.29, 0.717) is 28.0 Å². The summed E-state index contributed by atoms with van der Waals surface area (Å²) in [5.41, 5.74) is 13.2. The number of rotatable bonds is 4. The van der Waals surface area contributed by atoms with E-state index >= 15 is 0 Å². The number of nitrogens with zero attached hydrogens (tertiary/aromatic N) is 3. The molecule has 8 nitrogen and oxygen atoms in total. The molecule has 3 aromatic rings. The first-order valence-corrected chi connectivity index (χ1v) is 7.85. The Bertz CT molecular complexity index is 992. The molecule has 1 amide bonds. The summed E-state index contributed by atoms with van der Waals surface area (Å²) >= 11 is 0. The van der Waals surface area contributed by atoms with Crippen molar-refractivity contribution >= 4 is 34.1 Å². The number of halogens is 1. The Labute approximate surface area is 148 Å². The average molecular weight is 355 g/mol. The predicted octanol–water partition coefficient (Wildman–Crippen LogP) is 1.86. The molecule has 1 aromatic carbocycles. The summed E-state index contributed by atoms with van der Waals surface area (Å²) in [5, 5.41) is 6.19. The molecule has 0 bridgehead atoms. The molecule has 0 spiro atoms. The molecule has 0 saturated carbocycles. The summed E-state index contributed by atoms with van der Waals surface area (Å²) in [6.07, 6.45) is 1.29. The molecule has 0 aliphatic heterocycles. The number of hydrogen-bond acceptors (Lipinski definition) is 7. The van der Waals surface area contributed by atoms with E-state index in [1.54, 1.807) is 12.1 Å². The number of nitrogens with two attached hydrogens (primary N) is 2. The topological polar surface area (TPSA) is 132 Å². The van der Waals surface area contributed by atoms with Crippen LogP contribution in [0.5, 0.6) is 0 Å². The first-order chi connectivity index (χ1) is 12.4. The third kappa shape index (κ3) is 3.18. The highest BCUT2D eigenvalue weighted by Gasteiger charge is 2.20. The summed E-state index contributed by atoms with van der Waals surface area (Å²) in [7, 11) is 1.52. The lowest BCUT2D eigenvalue weighted by atomic mass is 10.0. The van der Waals surface area contributed by atoms with Crippen molar-refractivity contribution in [3.05, 3.63) is 47.7 Å². The van der Waals surface area contributed by atoms with Crippen LogP contribution in [0.25, 0.3) is 10.9 Å². The Hall–Kier alpha value is -3.49. The zero-order chi connectivity index (χ0) is 18.8. The number of aromatic nitrogens is 3. The van der Waals surface area contributed by atoms with Gasteiger partial charge in [-0.3, -0.25) is 4.79 Å². The van der Waals surface area contributed by atoms with Gasteiger partial charge in [-0.1, -0.05) is 0 Å². The highest BCUT2D eigenvalue weighted by Crippen LogP contribution is 2.27. The molecular formula is C17H18FN7O. The maximum Gasteiger partial charge on any atom is 0.252 e. The van der Waals surface area contributed by atoms with Crippen molar-refractivity contribution in [3.8, 4) is 0 Å². The van der Waals surface area contributed by atoms with Crippen molar-refractivity contribution in [2.75, 3.05) is 23.8 Å². The minimum atomic E-state index is -0.423. The molecule has 2 heterocycles. The van der Waals surface area contributed by atoms with Crippen molar-refractivity contribution in [1.29, 1.82) is 0 Å². The molecule has 2 aromatic heterocycles. The lowest BCUT2D eigenvalue weighted by molar-refractivity contribution is 0.0961. The third-order valence-electron chi connectivity index (χ3n) is 3.96. The Morgan fingerprint density at radius 2 is 2.00 bits per heavy atom. The molecule has 3 rings (SSSR count). The van der Waals surface area contributed by atoms with Crippen molar-refractivity contribution in [2.45, 2.75) is 13.0 Å². The van der Waals surface area contributed by atoms with Gasteiger partial charge in [0.1, 0.15) is 17.8 Å². The second-order valence-electron chi connectivity index (χ2n) is 5.72. The summed E-state index contributed by atoms with van der Waals surface area (Å²) in [5.74, 6) is -0.232. The Kier molecular flexibility index (Phi) is 4.53. The molecule has 26 heavy (non-hydrogen) atoms. The molecule has 0 fully saturated rings. The van der Waals surface area contributed by atoms with E-state index < -0.39 is 11.9 Å². The van der Waals surface area contributed by atoms with Crippen LogP contribution in [0, 0.1) is 5.82 Å². The van der Waals surface area contributed by atoms with Crippen LogP contribution in [0.2, 0.25) is 0 Å². The van der Waals surface area contributed by atoms with Gasteiger partial charge in [-0.15, -0.1) is 0 Å². The van der Waals surface area contributed by atoms with Gasteiger partial charge in [0, 0.05) is 12.4 Å². The zero-order valence-electron chi connectivity index (χ0n) is 14.2. The highest BCUT2D eigenvalue weighted by atomic mass is 19.1. The number of hydrogen-bond donors (Lipinski definition) is 4. The molecule has 0 radical (unpaired) electrons. The fourth-order valence-electron chi connectivity index (χ4n) is 2.61. The molecule has 134 valence electrons. The summed E-state index contributed by atoms with van der Waals surface area (Å²) in [6.45, 7) is 1.81. The molecule has 0 aliphatic rings. The van der Waals surface area contributed by atoms with Crippen LogP contribution >= 0.6 is 0 Å². The summed E-state index contributed by atoms with van der Waals surface area (Å²) in [4.78, 5) is 24.7. The van der Waals surface area contributed by atoms with Gasteiger partial charge in [-0.05, 0) is 31.2 Å². The van der Waals surface area contributed by atoms with Crippen molar-refractivity contribution in [2.24, 2.45) is 0 Å². The zero-order valence-corrected chi connectivity index (χ0v) is 14.2. The van der Waals surface area contributed by atoms with Crippen LogP contribution in [-0.2, 0) is 0 Å². The molecular weight excluding hydrogens is 337 g/mol. The van der Waals surface area contributed by atoms with E-state index in [4.69, 9.17) is 11.5 Å². The first kappa shape index (κ1) is 17.3.